The van der Waals surface area contributed by atoms with E-state index in [1.165, 1.54) is 10.9 Å². The number of nitrogens with zero attached hydrogens (tertiary/aromatic N) is 3. The standard InChI is InChI=1S/C18H19ClN4O2/c19-12-4-6-14(7-5-12)23-9-8-15-17(23)18(25)22(11-20-15)10-16(24)21-13-2-1-3-13/h4-7,11,13H,1-3,8-10H2,(H,21,24). The summed E-state index contributed by atoms with van der Waals surface area (Å²) in [4.78, 5) is 31.4. The Kier molecular flexibility index (Phi) is 4.21. The molecule has 0 unspecified atom stereocenters. The molecular formula is C18H19ClN4O2. The van der Waals surface area contributed by atoms with Gasteiger partial charge < -0.3 is 10.2 Å². The van der Waals surface area contributed by atoms with E-state index in [-0.39, 0.29) is 24.1 Å². The van der Waals surface area contributed by atoms with Gasteiger partial charge in [0.25, 0.3) is 5.56 Å². The first-order chi connectivity index (χ1) is 12.1. The lowest BCUT2D eigenvalue weighted by molar-refractivity contribution is -0.122. The maximum atomic E-state index is 12.9. The minimum Gasteiger partial charge on any atom is -0.352 e. The van der Waals surface area contributed by atoms with Crippen LogP contribution in [0.4, 0.5) is 11.4 Å². The predicted molar refractivity (Wildman–Crippen MR) is 96.4 cm³/mol. The highest BCUT2D eigenvalue weighted by Gasteiger charge is 2.27. The smallest absolute Gasteiger partial charge is 0.278 e. The number of fused-ring (bicyclic) bond motifs is 1. The van der Waals surface area contributed by atoms with Crippen molar-refractivity contribution in [2.24, 2.45) is 0 Å². The normalized spacial score (nSPS) is 16.4. The number of nitrogens with one attached hydrogen (secondary N) is 1. The molecule has 4 rings (SSSR count). The summed E-state index contributed by atoms with van der Waals surface area (Å²) in [5, 5.41) is 3.61. The molecule has 2 aromatic rings. The van der Waals surface area contributed by atoms with Gasteiger partial charge in [0.15, 0.2) is 0 Å². The van der Waals surface area contributed by atoms with Crippen LogP contribution in [0.2, 0.25) is 5.02 Å². The second kappa shape index (κ2) is 6.52. The zero-order valence-corrected chi connectivity index (χ0v) is 14.5. The van der Waals surface area contributed by atoms with Gasteiger partial charge in [-0.3, -0.25) is 14.2 Å². The number of amides is 1. The molecule has 0 atom stereocenters. The molecule has 2 aliphatic rings. The van der Waals surface area contributed by atoms with Gasteiger partial charge in [-0.1, -0.05) is 11.6 Å². The fourth-order valence-corrected chi connectivity index (χ4v) is 3.39. The fraction of sp³-hybridized carbons (Fsp3) is 0.389. The number of halogens is 1. The zero-order chi connectivity index (χ0) is 17.4. The topological polar surface area (TPSA) is 67.2 Å². The van der Waals surface area contributed by atoms with Gasteiger partial charge in [0.2, 0.25) is 5.91 Å². The molecule has 1 aromatic heterocycles. The average Bonchev–Trinajstić information content (AvgIpc) is 2.99. The Morgan fingerprint density at radius 2 is 2.04 bits per heavy atom. The van der Waals surface area contributed by atoms with Crippen LogP contribution in [0.15, 0.2) is 35.4 Å². The van der Waals surface area contributed by atoms with Gasteiger partial charge in [0.05, 0.1) is 12.0 Å². The third-order valence-corrected chi connectivity index (χ3v) is 5.11. The minimum absolute atomic E-state index is 0.00404. The van der Waals surface area contributed by atoms with Gasteiger partial charge in [0.1, 0.15) is 12.2 Å². The molecule has 1 fully saturated rings. The van der Waals surface area contributed by atoms with E-state index in [9.17, 15) is 9.59 Å². The second-order valence-electron chi connectivity index (χ2n) is 6.55. The number of rotatable bonds is 4. The maximum Gasteiger partial charge on any atom is 0.278 e. The summed E-state index contributed by atoms with van der Waals surface area (Å²) in [6.07, 6.45) is 5.39. The quantitative estimate of drug-likeness (QED) is 0.910. The molecule has 7 heteroatoms. The van der Waals surface area contributed by atoms with E-state index in [2.05, 4.69) is 10.3 Å². The first-order valence-electron chi connectivity index (χ1n) is 8.52. The van der Waals surface area contributed by atoms with E-state index in [0.29, 0.717) is 23.7 Å². The molecule has 0 radical (unpaired) electrons. The molecule has 1 N–H and O–H groups in total. The van der Waals surface area contributed by atoms with Crippen LogP contribution >= 0.6 is 11.6 Å². The van der Waals surface area contributed by atoms with Gasteiger partial charge in [-0.05, 0) is 43.5 Å². The first-order valence-corrected chi connectivity index (χ1v) is 8.90. The molecule has 25 heavy (non-hydrogen) atoms. The number of aromatic nitrogens is 2. The maximum absolute atomic E-state index is 12.9. The molecule has 2 heterocycles. The van der Waals surface area contributed by atoms with Crippen LogP contribution < -0.4 is 15.8 Å². The Balaban J connectivity index is 1.60. The van der Waals surface area contributed by atoms with Crippen molar-refractivity contribution < 1.29 is 4.79 Å². The highest BCUT2D eigenvalue weighted by Crippen LogP contribution is 2.31. The molecule has 1 aliphatic carbocycles. The van der Waals surface area contributed by atoms with Gasteiger partial charge in [-0.2, -0.15) is 0 Å². The number of carbonyl (C=O) groups is 1. The molecule has 130 valence electrons. The van der Waals surface area contributed by atoms with E-state index in [4.69, 9.17) is 11.6 Å². The summed E-state index contributed by atoms with van der Waals surface area (Å²) >= 11 is 5.95. The summed E-state index contributed by atoms with van der Waals surface area (Å²) in [6, 6.07) is 7.64. The molecule has 0 saturated heterocycles. The monoisotopic (exact) mass is 358 g/mol. The number of hydrogen-bond donors (Lipinski definition) is 1. The van der Waals surface area contributed by atoms with Gasteiger partial charge in [0, 0.05) is 29.7 Å². The molecular weight excluding hydrogens is 340 g/mol. The fourth-order valence-electron chi connectivity index (χ4n) is 3.27. The average molecular weight is 359 g/mol. The van der Waals surface area contributed by atoms with Gasteiger partial charge in [-0.25, -0.2) is 4.98 Å². The molecule has 0 spiro atoms. The van der Waals surface area contributed by atoms with Crippen LogP contribution in [-0.4, -0.2) is 28.0 Å². The second-order valence-corrected chi connectivity index (χ2v) is 6.98. The summed E-state index contributed by atoms with van der Waals surface area (Å²) < 4.78 is 1.39. The molecule has 1 saturated carbocycles. The highest BCUT2D eigenvalue weighted by atomic mass is 35.5. The van der Waals surface area contributed by atoms with Crippen molar-refractivity contribution in [2.75, 3.05) is 11.4 Å². The van der Waals surface area contributed by atoms with Crippen molar-refractivity contribution in [1.82, 2.24) is 14.9 Å². The SMILES string of the molecule is O=C(Cn1cnc2c(c1=O)N(c1ccc(Cl)cc1)CC2)NC1CCC1. The van der Waals surface area contributed by atoms with E-state index >= 15 is 0 Å². The Bertz CT molecular complexity index is 858. The molecule has 6 nitrogen and oxygen atoms in total. The lowest BCUT2D eigenvalue weighted by Crippen LogP contribution is -2.42. The van der Waals surface area contributed by atoms with Crippen LogP contribution in [-0.2, 0) is 17.8 Å². The highest BCUT2D eigenvalue weighted by molar-refractivity contribution is 6.30. The Hall–Kier alpha value is -2.34. The lowest BCUT2D eigenvalue weighted by atomic mass is 9.93. The van der Waals surface area contributed by atoms with Crippen LogP contribution in [0.3, 0.4) is 0 Å². The number of carbonyl (C=O) groups excluding carboxylic acids is 1. The Morgan fingerprint density at radius 3 is 2.72 bits per heavy atom. The lowest BCUT2D eigenvalue weighted by Gasteiger charge is -2.26. The first kappa shape index (κ1) is 16.1. The van der Waals surface area contributed by atoms with Crippen LogP contribution in [0.25, 0.3) is 0 Å². The Labute approximate surface area is 150 Å². The molecule has 1 amide bonds. The number of anilines is 2. The van der Waals surface area contributed by atoms with E-state index in [1.54, 1.807) is 12.1 Å². The van der Waals surface area contributed by atoms with Crippen molar-refractivity contribution in [3.8, 4) is 0 Å². The summed E-state index contributed by atoms with van der Waals surface area (Å²) in [7, 11) is 0. The van der Waals surface area contributed by atoms with Gasteiger partial charge >= 0.3 is 0 Å². The van der Waals surface area contributed by atoms with Crippen molar-refractivity contribution in [1.29, 1.82) is 0 Å². The van der Waals surface area contributed by atoms with Gasteiger partial charge in [-0.15, -0.1) is 0 Å². The Morgan fingerprint density at radius 1 is 1.28 bits per heavy atom. The van der Waals surface area contributed by atoms with Crippen molar-refractivity contribution in [2.45, 2.75) is 38.3 Å². The summed E-state index contributed by atoms with van der Waals surface area (Å²) in [5.41, 5.74) is 2.05. The summed E-state index contributed by atoms with van der Waals surface area (Å²) in [6.45, 7) is 0.696. The van der Waals surface area contributed by atoms with Crippen LogP contribution in [0.5, 0.6) is 0 Å². The third kappa shape index (κ3) is 3.14. The molecule has 1 aromatic carbocycles. The predicted octanol–water partition coefficient (Wildman–Crippen LogP) is 2.26. The van der Waals surface area contributed by atoms with E-state index in [1.807, 2.05) is 17.0 Å². The minimum atomic E-state index is -0.179. The summed E-state index contributed by atoms with van der Waals surface area (Å²) in [5.74, 6) is -0.135. The van der Waals surface area contributed by atoms with Crippen LogP contribution in [0, 0.1) is 0 Å². The molecule has 1 aliphatic heterocycles. The van der Waals surface area contributed by atoms with Crippen molar-refractivity contribution in [3.63, 3.8) is 0 Å². The van der Waals surface area contributed by atoms with Crippen molar-refractivity contribution in [3.05, 3.63) is 51.7 Å². The molecule has 0 bridgehead atoms. The van der Waals surface area contributed by atoms with E-state index < -0.39 is 0 Å². The van der Waals surface area contributed by atoms with E-state index in [0.717, 1.165) is 30.6 Å². The zero-order valence-electron chi connectivity index (χ0n) is 13.7. The largest absolute Gasteiger partial charge is 0.352 e. The number of hydrogen-bond acceptors (Lipinski definition) is 4. The van der Waals surface area contributed by atoms with Crippen LogP contribution in [0.1, 0.15) is 25.0 Å². The van der Waals surface area contributed by atoms with Crippen molar-refractivity contribution >= 4 is 28.9 Å². The third-order valence-electron chi connectivity index (χ3n) is 4.85. The number of benzene rings is 1.